The second-order valence-corrected chi connectivity index (χ2v) is 10.6. The molecule has 1 fully saturated rings. The van der Waals surface area contributed by atoms with Crippen molar-refractivity contribution in [2.45, 2.75) is 43.5 Å². The molecule has 1 saturated carbocycles. The molecule has 0 amide bonds. The summed E-state index contributed by atoms with van der Waals surface area (Å²) in [5.74, 6) is 0.109. The Balaban J connectivity index is 1.67. The second kappa shape index (κ2) is 7.38. The van der Waals surface area contributed by atoms with Crippen LogP contribution in [0.5, 0.6) is 5.75 Å². The van der Waals surface area contributed by atoms with Crippen LogP contribution in [0.2, 0.25) is 0 Å². The van der Waals surface area contributed by atoms with E-state index in [1.54, 1.807) is 29.6 Å². The van der Waals surface area contributed by atoms with Crippen LogP contribution in [0.25, 0.3) is 10.2 Å². The summed E-state index contributed by atoms with van der Waals surface area (Å²) in [4.78, 5) is 13.5. The molecule has 31 heavy (non-hydrogen) atoms. The lowest BCUT2D eigenvalue weighted by Crippen LogP contribution is -2.41. The molecular weight excluding hydrogens is 436 g/mol. The molecule has 0 radical (unpaired) electrons. The summed E-state index contributed by atoms with van der Waals surface area (Å²) < 4.78 is 31.1. The molecular formula is C21H22N4O4S2. The number of aromatic nitrogens is 1. The van der Waals surface area contributed by atoms with Crippen molar-refractivity contribution in [3.05, 3.63) is 51.6 Å². The Morgan fingerprint density at radius 3 is 2.87 bits per heavy atom. The third-order valence-electron chi connectivity index (χ3n) is 5.87. The number of hydrogen-bond donors (Lipinski definition) is 3. The summed E-state index contributed by atoms with van der Waals surface area (Å²) in [5, 5.41) is 15.6. The molecule has 3 N–H and O–H groups in total. The van der Waals surface area contributed by atoms with Crippen LogP contribution in [0, 0.1) is 5.92 Å². The Morgan fingerprint density at radius 2 is 2.06 bits per heavy atom. The number of thiophene rings is 1. The van der Waals surface area contributed by atoms with Gasteiger partial charge in [0.05, 0.1) is 15.9 Å². The maximum atomic E-state index is 13.5. The van der Waals surface area contributed by atoms with Gasteiger partial charge in [-0.1, -0.05) is 31.9 Å². The highest BCUT2D eigenvalue weighted by molar-refractivity contribution is 7.90. The van der Waals surface area contributed by atoms with Crippen molar-refractivity contribution in [3.63, 3.8) is 0 Å². The van der Waals surface area contributed by atoms with Crippen LogP contribution in [0.4, 0.5) is 5.69 Å². The van der Waals surface area contributed by atoms with Gasteiger partial charge in [0.25, 0.3) is 15.6 Å². The van der Waals surface area contributed by atoms with Crippen molar-refractivity contribution < 1.29 is 13.5 Å². The number of hydrogen-bond acceptors (Lipinski definition) is 7. The van der Waals surface area contributed by atoms with Crippen molar-refractivity contribution in [3.8, 4) is 5.75 Å². The normalized spacial score (nSPS) is 22.4. The lowest BCUT2D eigenvalue weighted by atomic mass is 9.87. The number of pyridine rings is 1. The lowest BCUT2D eigenvalue weighted by Gasteiger charge is -2.29. The Labute approximate surface area is 183 Å². The van der Waals surface area contributed by atoms with Gasteiger partial charge in [-0.25, -0.2) is 4.68 Å². The van der Waals surface area contributed by atoms with Crippen LogP contribution >= 0.6 is 11.3 Å². The van der Waals surface area contributed by atoms with Crippen molar-refractivity contribution >= 4 is 43.1 Å². The Kier molecular flexibility index (Phi) is 4.78. The number of nitrogens with one attached hydrogen (secondary N) is 2. The summed E-state index contributed by atoms with van der Waals surface area (Å²) in [5.41, 5.74) is 3.50. The van der Waals surface area contributed by atoms with E-state index >= 15 is 0 Å². The fourth-order valence-electron chi connectivity index (χ4n) is 4.39. The fourth-order valence-corrected chi connectivity index (χ4v) is 6.34. The highest BCUT2D eigenvalue weighted by atomic mass is 32.2. The Hall–Kier alpha value is -2.85. The van der Waals surface area contributed by atoms with Gasteiger partial charge >= 0.3 is 0 Å². The van der Waals surface area contributed by atoms with Crippen molar-refractivity contribution in [2.24, 2.45) is 10.3 Å². The largest absolute Gasteiger partial charge is 0.505 e. The number of sulfonamides is 1. The Morgan fingerprint density at radius 1 is 1.26 bits per heavy atom. The summed E-state index contributed by atoms with van der Waals surface area (Å²) in [6.07, 6.45) is 4.13. The maximum Gasteiger partial charge on any atom is 0.286 e. The van der Waals surface area contributed by atoms with Crippen LogP contribution in [0.1, 0.15) is 38.2 Å². The van der Waals surface area contributed by atoms with Gasteiger partial charge in [0, 0.05) is 6.04 Å². The van der Waals surface area contributed by atoms with Crippen LogP contribution in [0.15, 0.2) is 49.8 Å². The molecule has 0 bridgehead atoms. The fraction of sp³-hybridized carbons (Fsp3) is 0.333. The second-order valence-electron chi connectivity index (χ2n) is 8.13. The molecule has 1 aliphatic heterocycles. The van der Waals surface area contributed by atoms with Crippen molar-refractivity contribution in [2.75, 3.05) is 10.7 Å². The number of anilines is 1. The van der Waals surface area contributed by atoms with Gasteiger partial charge in [-0.05, 0) is 42.3 Å². The molecule has 2 atom stereocenters. The quantitative estimate of drug-likeness (QED) is 0.554. The molecule has 2 aromatic heterocycles. The topological polar surface area (TPSA) is 113 Å². The van der Waals surface area contributed by atoms with E-state index in [0.717, 1.165) is 19.3 Å². The van der Waals surface area contributed by atoms with Gasteiger partial charge < -0.3 is 15.8 Å². The number of rotatable bonds is 3. The predicted octanol–water partition coefficient (Wildman–Crippen LogP) is 3.45. The molecule has 0 unspecified atom stereocenters. The maximum absolute atomic E-state index is 13.5. The average molecular weight is 459 g/mol. The van der Waals surface area contributed by atoms with Crippen LogP contribution < -0.4 is 16.3 Å². The number of amidine groups is 1. The Bertz CT molecular complexity index is 1370. The molecule has 1 aromatic carbocycles. The predicted molar refractivity (Wildman–Crippen MR) is 122 cm³/mol. The molecule has 10 heteroatoms. The number of benzene rings is 1. The highest BCUT2D eigenvalue weighted by Gasteiger charge is 2.30. The molecule has 3 aromatic rings. The summed E-state index contributed by atoms with van der Waals surface area (Å²) >= 11 is 1.28. The van der Waals surface area contributed by atoms with Crippen LogP contribution in [-0.4, -0.2) is 30.1 Å². The van der Waals surface area contributed by atoms with E-state index in [2.05, 4.69) is 22.1 Å². The minimum Gasteiger partial charge on any atom is -0.505 e. The molecule has 162 valence electrons. The van der Waals surface area contributed by atoms with Gasteiger partial charge in [-0.3, -0.25) is 4.79 Å². The zero-order chi connectivity index (χ0) is 21.8. The third-order valence-corrected chi connectivity index (χ3v) is 8.11. The zero-order valence-electron chi connectivity index (χ0n) is 16.8. The zero-order valence-corrected chi connectivity index (χ0v) is 18.5. The van der Waals surface area contributed by atoms with E-state index in [1.807, 2.05) is 0 Å². The summed E-state index contributed by atoms with van der Waals surface area (Å²) in [7, 11) is -4.01. The lowest BCUT2D eigenvalue weighted by molar-refractivity contribution is 0.345. The summed E-state index contributed by atoms with van der Waals surface area (Å²) in [6.45, 7) is 2.20. The van der Waals surface area contributed by atoms with Gasteiger partial charge in [0.2, 0.25) is 0 Å². The van der Waals surface area contributed by atoms with E-state index in [-0.39, 0.29) is 28.1 Å². The molecule has 2 aliphatic rings. The van der Waals surface area contributed by atoms with Crippen LogP contribution in [0.3, 0.4) is 0 Å². The van der Waals surface area contributed by atoms with Crippen LogP contribution in [-0.2, 0) is 10.0 Å². The molecule has 8 nitrogen and oxygen atoms in total. The highest BCUT2D eigenvalue weighted by Crippen LogP contribution is 2.34. The standard InChI is InChI=1S/C21H22N4O4S2/c1-12-5-4-6-13(11-12)23-25-15-9-10-30-19(15)18(26)17(21(25)27)20-22-14-7-2-3-8-16(14)31(28,29)24-20/h2-3,7-10,12-13,23,26H,4-6,11H2,1H3,(H,22,24)/t12-,13-/m1/s1. The van der Waals surface area contributed by atoms with E-state index in [1.165, 1.54) is 28.5 Å². The first kappa shape index (κ1) is 20.1. The van der Waals surface area contributed by atoms with Gasteiger partial charge in [0.1, 0.15) is 10.5 Å². The van der Waals surface area contributed by atoms with E-state index in [0.29, 0.717) is 21.8 Å². The molecule has 1 aliphatic carbocycles. The number of fused-ring (bicyclic) bond motifs is 2. The van der Waals surface area contributed by atoms with Gasteiger partial charge in [-0.2, -0.15) is 8.42 Å². The number of aromatic hydroxyl groups is 1. The number of nitrogens with zero attached hydrogens (tertiary/aromatic N) is 2. The summed E-state index contributed by atoms with van der Waals surface area (Å²) in [6, 6.07) is 8.23. The van der Waals surface area contributed by atoms with E-state index in [4.69, 9.17) is 0 Å². The van der Waals surface area contributed by atoms with Gasteiger partial charge in [0.15, 0.2) is 11.6 Å². The minimum absolute atomic E-state index is 0.0325. The third kappa shape index (κ3) is 3.39. The van der Waals surface area contributed by atoms with Crippen molar-refractivity contribution in [1.29, 1.82) is 0 Å². The molecule has 0 saturated heterocycles. The average Bonchev–Trinajstić information content (AvgIpc) is 3.21. The molecule has 3 heterocycles. The smallest absolute Gasteiger partial charge is 0.286 e. The first-order valence-electron chi connectivity index (χ1n) is 10.2. The SMILES string of the molecule is C[C@@H]1CCC[C@@H](Nn2c(=O)c(C3=NS(=O)(=O)c4ccccc4N3)c(O)c3sccc32)C1. The first-order chi connectivity index (χ1) is 14.8. The van der Waals surface area contributed by atoms with E-state index < -0.39 is 15.6 Å². The number of para-hydroxylation sites is 1. The first-order valence-corrected chi connectivity index (χ1v) is 12.5. The minimum atomic E-state index is -4.01. The molecule has 5 rings (SSSR count). The van der Waals surface area contributed by atoms with Gasteiger partial charge in [-0.15, -0.1) is 15.7 Å². The monoisotopic (exact) mass is 458 g/mol. The molecule has 0 spiro atoms. The van der Waals surface area contributed by atoms with Crippen molar-refractivity contribution in [1.82, 2.24) is 4.68 Å². The van der Waals surface area contributed by atoms with E-state index in [9.17, 15) is 18.3 Å².